The van der Waals surface area contributed by atoms with Crippen LogP contribution >= 0.6 is 11.3 Å². The summed E-state index contributed by atoms with van der Waals surface area (Å²) in [5, 5.41) is 7.02. The normalized spacial score (nSPS) is 23.1. The van der Waals surface area contributed by atoms with Gasteiger partial charge in [0, 0.05) is 12.6 Å². The summed E-state index contributed by atoms with van der Waals surface area (Å²) >= 11 is 1.63. The molecule has 2 amide bonds. The smallest absolute Gasteiger partial charge is 0.254 e. The maximum absolute atomic E-state index is 13.2. The van der Waals surface area contributed by atoms with Crippen molar-refractivity contribution in [1.29, 1.82) is 0 Å². The number of carbonyl (C=O) groups is 2. The van der Waals surface area contributed by atoms with E-state index >= 15 is 0 Å². The maximum Gasteiger partial charge on any atom is 0.254 e. The minimum Gasteiger partial charge on any atom is -0.356 e. The van der Waals surface area contributed by atoms with Crippen molar-refractivity contribution in [2.24, 2.45) is 0 Å². The molecule has 1 saturated carbocycles. The predicted molar refractivity (Wildman–Crippen MR) is 95.0 cm³/mol. The van der Waals surface area contributed by atoms with Gasteiger partial charge < -0.3 is 15.0 Å². The standard InChI is InChI=1S/C19H20N2O3S/c22-16-11-24-18(17(20-16)14-4-2-1-3-5-14)19(23)21(15-6-7-15)10-13-8-9-25-12-13/h1-5,8-9,12,15,17-18H,6-7,10-11H2,(H,20,22)/t17-,18+/m1/s1. The SMILES string of the molecule is O=C1CO[C@H](C(=O)N(Cc2ccsc2)C2CC2)[C@@H](c2ccccc2)N1. The Hall–Kier alpha value is -2.18. The fourth-order valence-corrected chi connectivity index (χ4v) is 3.86. The molecule has 0 radical (unpaired) electrons. The van der Waals surface area contributed by atoms with Crippen LogP contribution < -0.4 is 5.32 Å². The van der Waals surface area contributed by atoms with E-state index in [0.717, 1.165) is 24.0 Å². The van der Waals surface area contributed by atoms with E-state index in [0.29, 0.717) is 6.54 Å². The number of carbonyl (C=O) groups excluding carboxylic acids is 2. The van der Waals surface area contributed by atoms with Crippen molar-refractivity contribution in [1.82, 2.24) is 10.2 Å². The van der Waals surface area contributed by atoms with Gasteiger partial charge in [-0.1, -0.05) is 30.3 Å². The summed E-state index contributed by atoms with van der Waals surface area (Å²) in [6, 6.07) is 11.4. The molecule has 4 rings (SSSR count). The Balaban J connectivity index is 1.58. The summed E-state index contributed by atoms with van der Waals surface area (Å²) < 4.78 is 5.70. The first-order valence-electron chi connectivity index (χ1n) is 8.50. The number of nitrogens with one attached hydrogen (secondary N) is 1. The molecule has 130 valence electrons. The number of thiophene rings is 1. The van der Waals surface area contributed by atoms with Gasteiger partial charge >= 0.3 is 0 Å². The van der Waals surface area contributed by atoms with Crippen LogP contribution in [0, 0.1) is 0 Å². The van der Waals surface area contributed by atoms with E-state index in [4.69, 9.17) is 4.74 Å². The Morgan fingerprint density at radius 2 is 2.04 bits per heavy atom. The molecule has 2 aliphatic rings. The van der Waals surface area contributed by atoms with Crippen LogP contribution in [0.15, 0.2) is 47.2 Å². The van der Waals surface area contributed by atoms with Gasteiger partial charge in [-0.15, -0.1) is 0 Å². The monoisotopic (exact) mass is 356 g/mol. The average molecular weight is 356 g/mol. The number of rotatable bonds is 5. The zero-order chi connectivity index (χ0) is 17.2. The Morgan fingerprint density at radius 3 is 2.72 bits per heavy atom. The van der Waals surface area contributed by atoms with Crippen LogP contribution in [0.5, 0.6) is 0 Å². The Labute approximate surface area is 150 Å². The summed E-state index contributed by atoms with van der Waals surface area (Å²) in [6.45, 7) is 0.527. The van der Waals surface area contributed by atoms with E-state index in [2.05, 4.69) is 10.7 Å². The minimum absolute atomic E-state index is 0.0393. The van der Waals surface area contributed by atoms with Gasteiger partial charge in [0.15, 0.2) is 6.10 Å². The fourth-order valence-electron chi connectivity index (χ4n) is 3.20. The molecule has 1 aliphatic heterocycles. The van der Waals surface area contributed by atoms with Crippen molar-refractivity contribution in [2.45, 2.75) is 37.6 Å². The number of ether oxygens (including phenoxy) is 1. The molecular weight excluding hydrogens is 336 g/mol. The topological polar surface area (TPSA) is 58.6 Å². The van der Waals surface area contributed by atoms with Crippen LogP contribution in [0.2, 0.25) is 0 Å². The van der Waals surface area contributed by atoms with E-state index in [1.165, 1.54) is 0 Å². The molecule has 25 heavy (non-hydrogen) atoms. The van der Waals surface area contributed by atoms with Gasteiger partial charge in [0.2, 0.25) is 5.91 Å². The van der Waals surface area contributed by atoms with Crippen LogP contribution in [0.3, 0.4) is 0 Å². The van der Waals surface area contributed by atoms with Gasteiger partial charge in [0.05, 0.1) is 6.04 Å². The highest BCUT2D eigenvalue weighted by Gasteiger charge is 2.42. The first-order valence-corrected chi connectivity index (χ1v) is 9.44. The summed E-state index contributed by atoms with van der Waals surface area (Å²) in [5.74, 6) is -0.226. The highest BCUT2D eigenvalue weighted by atomic mass is 32.1. The van der Waals surface area contributed by atoms with E-state index in [1.807, 2.05) is 46.7 Å². The number of morpholine rings is 1. The lowest BCUT2D eigenvalue weighted by molar-refractivity contribution is -0.156. The summed E-state index contributed by atoms with van der Waals surface area (Å²) in [4.78, 5) is 27.0. The molecular formula is C19H20N2O3S. The van der Waals surface area contributed by atoms with E-state index in [9.17, 15) is 9.59 Å². The number of hydrogen-bond acceptors (Lipinski definition) is 4. The second-order valence-corrected chi connectivity index (χ2v) is 7.30. The van der Waals surface area contributed by atoms with Gasteiger partial charge in [0.25, 0.3) is 5.91 Å². The van der Waals surface area contributed by atoms with Crippen LogP contribution in [0.1, 0.15) is 30.0 Å². The van der Waals surface area contributed by atoms with Crippen molar-refractivity contribution in [3.63, 3.8) is 0 Å². The van der Waals surface area contributed by atoms with E-state index in [-0.39, 0.29) is 24.5 Å². The molecule has 2 fully saturated rings. The molecule has 2 heterocycles. The van der Waals surface area contributed by atoms with Gasteiger partial charge in [-0.05, 0) is 40.8 Å². The number of amides is 2. The number of nitrogens with zero attached hydrogens (tertiary/aromatic N) is 1. The largest absolute Gasteiger partial charge is 0.356 e. The van der Waals surface area contributed by atoms with Gasteiger partial charge in [0.1, 0.15) is 6.61 Å². The lowest BCUT2D eigenvalue weighted by Gasteiger charge is -2.35. The van der Waals surface area contributed by atoms with Gasteiger partial charge in [-0.3, -0.25) is 9.59 Å². The molecule has 6 heteroatoms. The van der Waals surface area contributed by atoms with Crippen LogP contribution in [0.25, 0.3) is 0 Å². The summed E-state index contributed by atoms with van der Waals surface area (Å²) in [6.07, 6.45) is 1.38. The number of benzene rings is 1. The molecule has 1 aromatic heterocycles. The second kappa shape index (κ2) is 6.98. The molecule has 0 bridgehead atoms. The molecule has 5 nitrogen and oxygen atoms in total. The third-order valence-corrected chi connectivity index (χ3v) is 5.35. The predicted octanol–water partition coefficient (Wildman–Crippen LogP) is 2.50. The first kappa shape index (κ1) is 16.3. The first-order chi connectivity index (χ1) is 12.2. The molecule has 1 saturated heterocycles. The Kier molecular flexibility index (Phi) is 4.55. The van der Waals surface area contributed by atoms with Gasteiger partial charge in [-0.25, -0.2) is 0 Å². The van der Waals surface area contributed by atoms with Crippen molar-refractivity contribution in [3.05, 3.63) is 58.3 Å². The third kappa shape index (κ3) is 3.60. The number of hydrogen-bond donors (Lipinski definition) is 1. The van der Waals surface area contributed by atoms with Gasteiger partial charge in [-0.2, -0.15) is 11.3 Å². The van der Waals surface area contributed by atoms with Crippen molar-refractivity contribution in [3.8, 4) is 0 Å². The minimum atomic E-state index is -0.681. The quantitative estimate of drug-likeness (QED) is 0.895. The van der Waals surface area contributed by atoms with Crippen molar-refractivity contribution < 1.29 is 14.3 Å². The third-order valence-electron chi connectivity index (χ3n) is 4.62. The highest BCUT2D eigenvalue weighted by molar-refractivity contribution is 7.07. The van der Waals surface area contributed by atoms with Crippen LogP contribution in [0.4, 0.5) is 0 Å². The maximum atomic E-state index is 13.2. The Bertz CT molecular complexity index is 743. The Morgan fingerprint density at radius 1 is 1.24 bits per heavy atom. The zero-order valence-corrected chi connectivity index (χ0v) is 14.6. The van der Waals surface area contributed by atoms with Crippen LogP contribution in [-0.2, 0) is 20.9 Å². The molecule has 0 unspecified atom stereocenters. The lowest BCUT2D eigenvalue weighted by Crippen LogP contribution is -2.53. The van der Waals surface area contributed by atoms with Crippen molar-refractivity contribution >= 4 is 23.2 Å². The van der Waals surface area contributed by atoms with Crippen LogP contribution in [-0.4, -0.2) is 35.5 Å². The molecule has 1 aliphatic carbocycles. The summed E-state index contributed by atoms with van der Waals surface area (Å²) in [5.41, 5.74) is 2.03. The fraction of sp³-hybridized carbons (Fsp3) is 0.368. The lowest BCUT2D eigenvalue weighted by atomic mass is 9.98. The van der Waals surface area contributed by atoms with Crippen molar-refractivity contribution in [2.75, 3.05) is 6.61 Å². The molecule has 1 aromatic carbocycles. The average Bonchev–Trinajstić information content (AvgIpc) is 3.35. The molecule has 2 atom stereocenters. The summed E-state index contributed by atoms with van der Waals surface area (Å²) in [7, 11) is 0. The zero-order valence-electron chi connectivity index (χ0n) is 13.8. The highest BCUT2D eigenvalue weighted by Crippen LogP contribution is 2.32. The van der Waals surface area contributed by atoms with E-state index < -0.39 is 12.1 Å². The van der Waals surface area contributed by atoms with E-state index in [1.54, 1.807) is 11.3 Å². The molecule has 2 aromatic rings. The second-order valence-electron chi connectivity index (χ2n) is 6.52. The molecule has 1 N–H and O–H groups in total. The molecule has 0 spiro atoms.